The molecule has 2 aliphatic rings. The van der Waals surface area contributed by atoms with E-state index in [1.807, 2.05) is 12.1 Å². The molecule has 0 aliphatic heterocycles. The summed E-state index contributed by atoms with van der Waals surface area (Å²) >= 11 is 0. The van der Waals surface area contributed by atoms with Gasteiger partial charge in [-0.25, -0.2) is 4.79 Å². The Morgan fingerprint density at radius 1 is 0.862 bits per heavy atom. The van der Waals surface area contributed by atoms with Crippen LogP contribution in [0.5, 0.6) is 0 Å². The van der Waals surface area contributed by atoms with Crippen LogP contribution in [0.4, 0.5) is 0 Å². The van der Waals surface area contributed by atoms with Crippen LogP contribution >= 0.6 is 0 Å². The Kier molecular flexibility index (Phi) is 4.14. The number of carboxylic acids is 1. The fraction of sp³-hybridized carbons (Fsp3) is 0.0909. The van der Waals surface area contributed by atoms with Gasteiger partial charge in [0.05, 0.1) is 0 Å². The smallest absolute Gasteiger partial charge is 0.338 e. The number of allylic oxidation sites excluding steroid dienone is 4. The molecule has 29 heavy (non-hydrogen) atoms. The van der Waals surface area contributed by atoms with Crippen molar-refractivity contribution in [2.24, 2.45) is 0 Å². The van der Waals surface area contributed by atoms with Gasteiger partial charge < -0.3 is 25.5 Å². The second-order valence-corrected chi connectivity index (χ2v) is 6.95. The molecule has 7 nitrogen and oxygen atoms in total. The monoisotopic (exact) mass is 392 g/mol. The molecule has 2 aromatic rings. The van der Waals surface area contributed by atoms with E-state index < -0.39 is 34.5 Å². The van der Waals surface area contributed by atoms with Crippen LogP contribution in [0.1, 0.15) is 10.4 Å². The third-order valence-corrected chi connectivity index (χ3v) is 4.87. The van der Waals surface area contributed by atoms with Crippen molar-refractivity contribution in [1.82, 2.24) is 0 Å². The van der Waals surface area contributed by atoms with E-state index in [9.17, 15) is 35.1 Å². The lowest BCUT2D eigenvalue weighted by molar-refractivity contribution is -0.143. The lowest BCUT2D eigenvalue weighted by Gasteiger charge is -2.32. The Hall–Kier alpha value is -3.36. The van der Waals surface area contributed by atoms with Crippen LogP contribution < -0.4 is 0 Å². The van der Waals surface area contributed by atoms with Crippen LogP contribution in [0.25, 0.3) is 10.8 Å². The van der Waals surface area contributed by atoms with Gasteiger partial charge in [0.2, 0.25) is 11.6 Å². The van der Waals surface area contributed by atoms with Gasteiger partial charge in [0.15, 0.2) is 5.78 Å². The number of carbonyl (C=O) groups is 2. The van der Waals surface area contributed by atoms with Gasteiger partial charge in [0.25, 0.3) is 0 Å². The minimum absolute atomic E-state index is 0.0860. The highest BCUT2D eigenvalue weighted by molar-refractivity contribution is 6.18. The van der Waals surface area contributed by atoms with E-state index in [0.717, 1.165) is 29.0 Å². The summed E-state index contributed by atoms with van der Waals surface area (Å²) in [7, 11) is 0. The molecule has 0 heterocycles. The highest BCUT2D eigenvalue weighted by atomic mass is 16.5. The molecule has 0 atom stereocenters. The van der Waals surface area contributed by atoms with Gasteiger partial charge in [-0.15, -0.1) is 0 Å². The molecule has 5 N–H and O–H groups in total. The summed E-state index contributed by atoms with van der Waals surface area (Å²) in [5, 5.41) is 51.7. The molecule has 0 unspecified atom stereocenters. The zero-order valence-corrected chi connectivity index (χ0v) is 14.9. The summed E-state index contributed by atoms with van der Waals surface area (Å²) in [6.45, 7) is 0. The van der Waals surface area contributed by atoms with Crippen LogP contribution in [0.2, 0.25) is 0 Å². The topological polar surface area (TPSA) is 135 Å². The van der Waals surface area contributed by atoms with Crippen molar-refractivity contribution in [3.63, 3.8) is 0 Å². The zero-order valence-electron chi connectivity index (χ0n) is 14.9. The largest absolute Gasteiger partial charge is 0.478 e. The average Bonchev–Trinajstić information content (AvgIpc) is 2.65. The average molecular weight is 392 g/mol. The van der Waals surface area contributed by atoms with Gasteiger partial charge in [-0.2, -0.15) is 0 Å². The molecule has 0 spiro atoms. The number of Topliss-reactive ketones (excluding diaryl/α,β-unsaturated/α-hetero) is 1. The number of hydrogen-bond acceptors (Lipinski definition) is 6. The Balaban J connectivity index is 1.96. The van der Waals surface area contributed by atoms with E-state index in [2.05, 4.69) is 0 Å². The van der Waals surface area contributed by atoms with Gasteiger partial charge in [-0.05, 0) is 46.2 Å². The second kappa shape index (κ2) is 6.33. The Morgan fingerprint density at radius 3 is 2.24 bits per heavy atom. The molecule has 0 saturated heterocycles. The first kappa shape index (κ1) is 19.0. The second-order valence-electron chi connectivity index (χ2n) is 6.95. The maximum Gasteiger partial charge on any atom is 0.338 e. The molecule has 0 radical (unpaired) electrons. The molecule has 0 amide bonds. The zero-order chi connectivity index (χ0) is 21.0. The van der Waals surface area contributed by atoms with Crippen LogP contribution in [0, 0.1) is 0 Å². The fourth-order valence-electron chi connectivity index (χ4n) is 3.57. The molecule has 7 heteroatoms. The molecular weight excluding hydrogens is 376 g/mol. The number of aliphatic hydroxyl groups is 4. The summed E-state index contributed by atoms with van der Waals surface area (Å²) < 4.78 is 0. The molecular formula is C22H16O7. The van der Waals surface area contributed by atoms with Crippen molar-refractivity contribution in [3.05, 3.63) is 94.6 Å². The van der Waals surface area contributed by atoms with Crippen molar-refractivity contribution >= 4 is 22.5 Å². The van der Waals surface area contributed by atoms with Crippen molar-refractivity contribution < 1.29 is 35.1 Å². The predicted molar refractivity (Wildman–Crippen MR) is 103 cm³/mol. The molecule has 2 aliphatic carbocycles. The summed E-state index contributed by atoms with van der Waals surface area (Å²) in [5.41, 5.74) is -1.38. The molecule has 0 bridgehead atoms. The number of ketones is 1. The summed E-state index contributed by atoms with van der Waals surface area (Å²) in [4.78, 5) is 25.1. The van der Waals surface area contributed by atoms with E-state index in [-0.39, 0.29) is 16.7 Å². The third kappa shape index (κ3) is 3.22. The number of hydrogen-bond donors (Lipinski definition) is 5. The quantitative estimate of drug-likeness (QED) is 0.391. The standard InChI is InChI=1S/C22H16O7/c23-19(14-6-5-12-3-1-2-4-13(12)9-14)17-16-11-21(26,27)8-7-15(16)10-22(28,29)18(17)20(24)25/h1-11,26-29H,(H,24,25). The van der Waals surface area contributed by atoms with Gasteiger partial charge in [0.1, 0.15) is 5.57 Å². The van der Waals surface area contributed by atoms with Gasteiger partial charge in [0, 0.05) is 11.1 Å². The van der Waals surface area contributed by atoms with Crippen LogP contribution in [-0.4, -0.2) is 48.9 Å². The third-order valence-electron chi connectivity index (χ3n) is 4.87. The van der Waals surface area contributed by atoms with Crippen LogP contribution in [0.15, 0.2) is 89.1 Å². The van der Waals surface area contributed by atoms with Gasteiger partial charge in [-0.3, -0.25) is 4.79 Å². The molecule has 146 valence electrons. The van der Waals surface area contributed by atoms with E-state index in [4.69, 9.17) is 0 Å². The SMILES string of the molecule is O=C(O)C1=C(C(=O)c2ccc3ccccc3c2)C2=CC(O)(O)C=CC2=CC1(O)O. The molecule has 0 aromatic heterocycles. The van der Waals surface area contributed by atoms with Gasteiger partial charge in [-0.1, -0.05) is 42.5 Å². The van der Waals surface area contributed by atoms with E-state index in [1.54, 1.807) is 24.3 Å². The lowest BCUT2D eigenvalue weighted by atomic mass is 9.77. The lowest BCUT2D eigenvalue weighted by Crippen LogP contribution is -2.39. The Bertz CT molecular complexity index is 1190. The number of benzene rings is 2. The molecule has 0 fully saturated rings. The number of carboxylic acid groups (broad SMARTS) is 1. The summed E-state index contributed by atoms with van der Waals surface area (Å²) in [6.07, 6.45) is 3.89. The van der Waals surface area contributed by atoms with Crippen LogP contribution in [0.3, 0.4) is 0 Å². The first-order valence-electron chi connectivity index (χ1n) is 8.66. The Labute approximate surface area is 164 Å². The first-order valence-corrected chi connectivity index (χ1v) is 8.66. The highest BCUT2D eigenvalue weighted by Gasteiger charge is 2.44. The molecule has 0 saturated carbocycles. The van der Waals surface area contributed by atoms with Crippen LogP contribution in [-0.2, 0) is 4.79 Å². The number of fused-ring (bicyclic) bond motifs is 2. The normalized spacial score (nSPS) is 19.4. The van der Waals surface area contributed by atoms with Crippen molar-refractivity contribution in [3.8, 4) is 0 Å². The number of aliphatic carboxylic acids is 1. The van der Waals surface area contributed by atoms with Gasteiger partial charge >= 0.3 is 5.97 Å². The van der Waals surface area contributed by atoms with E-state index >= 15 is 0 Å². The maximum atomic E-state index is 13.3. The number of carbonyl (C=O) groups excluding carboxylic acids is 1. The van der Waals surface area contributed by atoms with E-state index in [0.29, 0.717) is 0 Å². The van der Waals surface area contributed by atoms with Crippen molar-refractivity contribution in [1.29, 1.82) is 0 Å². The maximum absolute atomic E-state index is 13.3. The molecule has 2 aromatic carbocycles. The minimum atomic E-state index is -2.92. The highest BCUT2D eigenvalue weighted by Crippen LogP contribution is 2.40. The van der Waals surface area contributed by atoms with E-state index in [1.165, 1.54) is 12.1 Å². The number of rotatable bonds is 3. The fourth-order valence-corrected chi connectivity index (χ4v) is 3.57. The predicted octanol–water partition coefficient (Wildman–Crippen LogP) is 1.20. The summed E-state index contributed by atoms with van der Waals surface area (Å²) in [5.74, 6) is -7.85. The first-order chi connectivity index (χ1) is 13.6. The minimum Gasteiger partial charge on any atom is -0.478 e. The summed E-state index contributed by atoms with van der Waals surface area (Å²) in [6, 6.07) is 12.0. The van der Waals surface area contributed by atoms with Crippen molar-refractivity contribution in [2.75, 3.05) is 0 Å². The Morgan fingerprint density at radius 2 is 1.55 bits per heavy atom. The molecule has 4 rings (SSSR count). The van der Waals surface area contributed by atoms with Crippen molar-refractivity contribution in [2.45, 2.75) is 11.6 Å².